The summed E-state index contributed by atoms with van der Waals surface area (Å²) in [6, 6.07) is 13.2. The largest absolute Gasteiger partial charge is 0.487 e. The number of hydrogen-bond donors (Lipinski definition) is 0. The highest BCUT2D eigenvalue weighted by atomic mass is 32.1. The minimum Gasteiger partial charge on any atom is -0.487 e. The van der Waals surface area contributed by atoms with E-state index in [1.165, 1.54) is 46.5 Å². The molecule has 0 saturated heterocycles. The lowest BCUT2D eigenvalue weighted by molar-refractivity contribution is 1.86. The fourth-order valence-corrected chi connectivity index (χ4v) is 8.56. The number of thiophene rings is 3. The Balaban J connectivity index is 1.98. The molecule has 4 heterocycles. The van der Waals surface area contributed by atoms with Gasteiger partial charge in [0.2, 0.25) is 0 Å². The van der Waals surface area contributed by atoms with Crippen LogP contribution in [-0.4, -0.2) is 0 Å². The zero-order chi connectivity index (χ0) is 13.4. The van der Waals surface area contributed by atoms with E-state index < -0.39 is 0 Å². The molecule has 0 nitrogen and oxygen atoms in total. The first-order valence-corrected chi connectivity index (χ1v) is 11.2. The SMILES string of the molecule is c1csc(-c2p[p-]c(-c3cccs3)c2-c2cccs2)c1. The molecule has 0 amide bonds. The molecule has 0 spiro atoms. The highest BCUT2D eigenvalue weighted by Gasteiger charge is 2.11. The Labute approximate surface area is 132 Å². The molecule has 98 valence electrons. The van der Waals surface area contributed by atoms with E-state index in [-0.39, 0.29) is 0 Å². The molecule has 4 aromatic heterocycles. The molecule has 0 unspecified atom stereocenters. The van der Waals surface area contributed by atoms with Crippen LogP contribution in [0.1, 0.15) is 0 Å². The fraction of sp³-hybridized carbons (Fsp3) is 0. The van der Waals surface area contributed by atoms with E-state index >= 15 is 0 Å². The molecular formula is C15H9P2S3-. The summed E-state index contributed by atoms with van der Waals surface area (Å²) in [5.41, 5.74) is 1.47. The summed E-state index contributed by atoms with van der Waals surface area (Å²) < 4.78 is 0. The van der Waals surface area contributed by atoms with Crippen LogP contribution in [0.15, 0.2) is 52.5 Å². The highest BCUT2D eigenvalue weighted by molar-refractivity contribution is 7.94. The molecule has 0 saturated carbocycles. The van der Waals surface area contributed by atoms with Gasteiger partial charge in [0, 0.05) is 14.6 Å². The van der Waals surface area contributed by atoms with Crippen molar-refractivity contribution in [1.29, 1.82) is 0 Å². The maximum atomic E-state index is 2.25. The fourth-order valence-electron chi connectivity index (χ4n) is 2.14. The third-order valence-corrected chi connectivity index (χ3v) is 8.89. The van der Waals surface area contributed by atoms with Crippen LogP contribution >= 0.6 is 49.7 Å². The summed E-state index contributed by atoms with van der Waals surface area (Å²) in [7, 11) is 2.82. The lowest BCUT2D eigenvalue weighted by Gasteiger charge is -2.09. The molecule has 0 aliphatic rings. The third kappa shape index (κ3) is 2.24. The molecular weight excluding hydrogens is 338 g/mol. The van der Waals surface area contributed by atoms with Crippen molar-refractivity contribution < 1.29 is 0 Å². The van der Waals surface area contributed by atoms with Gasteiger partial charge in [0.15, 0.2) is 0 Å². The van der Waals surface area contributed by atoms with Crippen LogP contribution in [-0.2, 0) is 0 Å². The highest BCUT2D eigenvalue weighted by Crippen LogP contribution is 2.56. The number of hydrogen-bond acceptors (Lipinski definition) is 3. The first-order chi connectivity index (χ1) is 9.93. The van der Waals surface area contributed by atoms with E-state index in [2.05, 4.69) is 52.5 Å². The maximum Gasteiger partial charge on any atom is 0.0368 e. The van der Waals surface area contributed by atoms with E-state index in [9.17, 15) is 0 Å². The minimum atomic E-state index is 1.40. The predicted molar refractivity (Wildman–Crippen MR) is 97.0 cm³/mol. The summed E-state index contributed by atoms with van der Waals surface area (Å²) >= 11 is 5.54. The molecule has 0 radical (unpaired) electrons. The van der Waals surface area contributed by atoms with Crippen molar-refractivity contribution in [2.24, 2.45) is 0 Å². The zero-order valence-corrected chi connectivity index (χ0v) is 14.6. The van der Waals surface area contributed by atoms with Gasteiger partial charge in [0.1, 0.15) is 0 Å². The first-order valence-electron chi connectivity index (χ1n) is 6.08. The van der Waals surface area contributed by atoms with E-state index in [1.54, 1.807) is 0 Å². The molecule has 0 aromatic carbocycles. The second-order valence-electron chi connectivity index (χ2n) is 4.20. The molecule has 0 atom stereocenters. The molecule has 0 fully saturated rings. The maximum absolute atomic E-state index is 2.25. The Kier molecular flexibility index (Phi) is 3.64. The summed E-state index contributed by atoms with van der Waals surface area (Å²) in [4.78, 5) is 4.22. The van der Waals surface area contributed by atoms with E-state index in [4.69, 9.17) is 0 Å². The Morgan fingerprint density at radius 2 is 1.35 bits per heavy atom. The van der Waals surface area contributed by atoms with E-state index in [1.807, 2.05) is 34.0 Å². The summed E-state index contributed by atoms with van der Waals surface area (Å²) in [6.07, 6.45) is 0. The Hall–Kier alpha value is -0.690. The van der Waals surface area contributed by atoms with Crippen molar-refractivity contribution in [2.75, 3.05) is 0 Å². The third-order valence-electron chi connectivity index (χ3n) is 3.00. The normalized spacial score (nSPS) is 11.8. The molecule has 0 aliphatic heterocycles. The van der Waals surface area contributed by atoms with Gasteiger partial charge < -0.3 is 7.87 Å². The van der Waals surface area contributed by atoms with E-state index in [0.29, 0.717) is 0 Å². The topological polar surface area (TPSA) is 0 Å². The Morgan fingerprint density at radius 3 is 1.95 bits per heavy atom. The van der Waals surface area contributed by atoms with Gasteiger partial charge in [0.05, 0.1) is 0 Å². The van der Waals surface area contributed by atoms with Crippen LogP contribution in [0.4, 0.5) is 0 Å². The molecule has 0 N–H and O–H groups in total. The minimum absolute atomic E-state index is 1.40. The second-order valence-corrected chi connectivity index (χ2v) is 9.54. The van der Waals surface area contributed by atoms with Crippen LogP contribution in [0.5, 0.6) is 0 Å². The van der Waals surface area contributed by atoms with Crippen LogP contribution < -0.4 is 0 Å². The van der Waals surface area contributed by atoms with Crippen molar-refractivity contribution in [3.63, 3.8) is 0 Å². The van der Waals surface area contributed by atoms with Gasteiger partial charge in [-0.1, -0.05) is 18.2 Å². The van der Waals surface area contributed by atoms with Crippen molar-refractivity contribution in [3.8, 4) is 30.8 Å². The Bertz CT molecular complexity index is 742. The Morgan fingerprint density at radius 1 is 0.750 bits per heavy atom. The van der Waals surface area contributed by atoms with Gasteiger partial charge in [-0.3, -0.25) is 7.87 Å². The average molecular weight is 347 g/mol. The van der Waals surface area contributed by atoms with Crippen molar-refractivity contribution >= 4 is 49.7 Å². The molecule has 5 heteroatoms. The molecule has 0 bridgehead atoms. The van der Waals surface area contributed by atoms with Crippen LogP contribution in [0.2, 0.25) is 0 Å². The zero-order valence-electron chi connectivity index (χ0n) is 10.3. The van der Waals surface area contributed by atoms with E-state index in [0.717, 1.165) is 0 Å². The monoisotopic (exact) mass is 347 g/mol. The summed E-state index contributed by atoms with van der Waals surface area (Å²) in [5, 5.41) is 9.50. The van der Waals surface area contributed by atoms with Crippen LogP contribution in [0, 0.1) is 0 Å². The molecule has 20 heavy (non-hydrogen) atoms. The van der Waals surface area contributed by atoms with Gasteiger partial charge in [-0.05, 0) is 45.2 Å². The van der Waals surface area contributed by atoms with Crippen LogP contribution in [0.25, 0.3) is 30.8 Å². The van der Waals surface area contributed by atoms with Gasteiger partial charge >= 0.3 is 0 Å². The second kappa shape index (κ2) is 5.60. The summed E-state index contributed by atoms with van der Waals surface area (Å²) in [6.45, 7) is 0. The van der Waals surface area contributed by atoms with Gasteiger partial charge in [-0.15, -0.1) is 34.0 Å². The molecule has 4 rings (SSSR count). The van der Waals surface area contributed by atoms with Gasteiger partial charge in [0.25, 0.3) is 0 Å². The molecule has 0 aliphatic carbocycles. The first kappa shape index (κ1) is 13.0. The van der Waals surface area contributed by atoms with Crippen molar-refractivity contribution in [1.82, 2.24) is 0 Å². The van der Waals surface area contributed by atoms with Gasteiger partial charge in [-0.25, -0.2) is 0 Å². The number of rotatable bonds is 3. The summed E-state index contributed by atoms with van der Waals surface area (Å²) in [5.74, 6) is 0. The quantitative estimate of drug-likeness (QED) is 0.355. The standard InChI is InChI=1S/C15H9P2S3/c1-4-10(18-7-1)13-14(11-5-2-8-19-11)16-17-15(13)12-6-3-9-20-12/h1-9H/q-1. The van der Waals surface area contributed by atoms with Crippen LogP contribution in [0.3, 0.4) is 0 Å². The lowest BCUT2D eigenvalue weighted by atomic mass is 10.1. The van der Waals surface area contributed by atoms with Crippen molar-refractivity contribution in [2.45, 2.75) is 0 Å². The van der Waals surface area contributed by atoms with Crippen molar-refractivity contribution in [3.05, 3.63) is 52.5 Å². The average Bonchev–Trinajstić information content (AvgIpc) is 3.23. The smallest absolute Gasteiger partial charge is 0.0368 e. The predicted octanol–water partition coefficient (Wildman–Crippen LogP) is 7.75. The lowest BCUT2D eigenvalue weighted by Crippen LogP contribution is -1.75. The molecule has 4 aromatic rings. The van der Waals surface area contributed by atoms with Gasteiger partial charge in [-0.2, -0.15) is 5.30 Å².